The molecule has 0 aromatic heterocycles. The molecular weight excluding hydrogens is 292 g/mol. The molecule has 3 N–H and O–H groups in total. The highest BCUT2D eigenvalue weighted by molar-refractivity contribution is 7.92. The molecular formula is C14H14N2O4S. The molecule has 0 radical (unpaired) electrons. The minimum Gasteiger partial charge on any atom is -0.454 e. The molecule has 110 valence electrons. The van der Waals surface area contributed by atoms with Gasteiger partial charge in [0, 0.05) is 11.8 Å². The summed E-state index contributed by atoms with van der Waals surface area (Å²) in [5, 5.41) is 0. The van der Waals surface area contributed by atoms with Gasteiger partial charge in [-0.2, -0.15) is 0 Å². The Balaban J connectivity index is 1.90. The number of anilines is 2. The number of hydrogen-bond donors (Lipinski definition) is 2. The Morgan fingerprint density at radius 3 is 2.62 bits per heavy atom. The highest BCUT2D eigenvalue weighted by Crippen LogP contribution is 2.34. The van der Waals surface area contributed by atoms with Crippen molar-refractivity contribution in [2.75, 3.05) is 17.2 Å². The number of nitrogen functional groups attached to an aromatic ring is 1. The average Bonchev–Trinajstić information content (AvgIpc) is 2.88. The van der Waals surface area contributed by atoms with Crippen molar-refractivity contribution < 1.29 is 17.9 Å². The third kappa shape index (κ3) is 2.59. The number of nitrogens with two attached hydrogens (primary N) is 1. The summed E-state index contributed by atoms with van der Waals surface area (Å²) in [5.74, 6) is 1.11. The van der Waals surface area contributed by atoms with Crippen LogP contribution >= 0.6 is 0 Å². The van der Waals surface area contributed by atoms with Gasteiger partial charge in [-0.15, -0.1) is 0 Å². The topological polar surface area (TPSA) is 90.7 Å². The lowest BCUT2D eigenvalue weighted by Crippen LogP contribution is -2.13. The smallest absolute Gasteiger partial charge is 0.261 e. The van der Waals surface area contributed by atoms with Gasteiger partial charge in [-0.1, -0.05) is 6.07 Å². The third-order valence-electron chi connectivity index (χ3n) is 3.19. The van der Waals surface area contributed by atoms with Crippen molar-refractivity contribution in [3.8, 4) is 11.5 Å². The molecule has 0 atom stereocenters. The SMILES string of the molecule is Cc1ccc(S(=O)(=O)Nc2ccc3c(c2)OCO3)cc1N. The molecule has 1 aliphatic rings. The van der Waals surface area contributed by atoms with Gasteiger partial charge in [-0.3, -0.25) is 4.72 Å². The number of nitrogens with one attached hydrogen (secondary N) is 1. The Morgan fingerprint density at radius 1 is 1.10 bits per heavy atom. The van der Waals surface area contributed by atoms with Crippen molar-refractivity contribution in [1.82, 2.24) is 0 Å². The summed E-state index contributed by atoms with van der Waals surface area (Å²) >= 11 is 0. The van der Waals surface area contributed by atoms with Crippen LogP contribution in [-0.2, 0) is 10.0 Å². The molecule has 2 aromatic carbocycles. The van der Waals surface area contributed by atoms with Crippen LogP contribution in [0, 0.1) is 6.92 Å². The van der Waals surface area contributed by atoms with Crippen molar-refractivity contribution in [3.05, 3.63) is 42.0 Å². The maximum absolute atomic E-state index is 12.3. The van der Waals surface area contributed by atoms with Gasteiger partial charge in [-0.05, 0) is 36.8 Å². The van der Waals surface area contributed by atoms with E-state index < -0.39 is 10.0 Å². The first-order valence-corrected chi connectivity index (χ1v) is 7.73. The van der Waals surface area contributed by atoms with Gasteiger partial charge >= 0.3 is 0 Å². The van der Waals surface area contributed by atoms with E-state index in [1.807, 2.05) is 6.92 Å². The van der Waals surface area contributed by atoms with Crippen molar-refractivity contribution >= 4 is 21.4 Å². The quantitative estimate of drug-likeness (QED) is 0.848. The number of aryl methyl sites for hydroxylation is 1. The fourth-order valence-electron chi connectivity index (χ4n) is 1.96. The van der Waals surface area contributed by atoms with Gasteiger partial charge in [0.2, 0.25) is 6.79 Å². The molecule has 0 bridgehead atoms. The van der Waals surface area contributed by atoms with E-state index in [4.69, 9.17) is 15.2 Å². The van der Waals surface area contributed by atoms with E-state index in [-0.39, 0.29) is 11.7 Å². The maximum atomic E-state index is 12.3. The minimum absolute atomic E-state index is 0.114. The molecule has 0 fully saturated rings. The van der Waals surface area contributed by atoms with Gasteiger partial charge in [0.05, 0.1) is 10.6 Å². The predicted octanol–water partition coefficient (Wildman–Crippen LogP) is 2.11. The number of ether oxygens (including phenoxy) is 2. The van der Waals surface area contributed by atoms with Crippen LogP contribution in [0.2, 0.25) is 0 Å². The molecule has 6 nitrogen and oxygen atoms in total. The lowest BCUT2D eigenvalue weighted by atomic mass is 10.2. The summed E-state index contributed by atoms with van der Waals surface area (Å²) in [6, 6.07) is 9.47. The Hall–Kier alpha value is -2.41. The standard InChI is InChI=1S/C14H14N2O4S/c1-9-2-4-11(7-12(9)15)21(17,18)16-10-3-5-13-14(6-10)20-8-19-13/h2-7,16H,8,15H2,1H3. The molecule has 2 aromatic rings. The number of fused-ring (bicyclic) bond motifs is 1. The average molecular weight is 306 g/mol. The number of benzene rings is 2. The van der Waals surface area contributed by atoms with Crippen LogP contribution in [0.4, 0.5) is 11.4 Å². The zero-order valence-corrected chi connectivity index (χ0v) is 12.1. The van der Waals surface area contributed by atoms with Gasteiger partial charge in [0.1, 0.15) is 0 Å². The molecule has 1 heterocycles. The van der Waals surface area contributed by atoms with E-state index >= 15 is 0 Å². The summed E-state index contributed by atoms with van der Waals surface area (Å²) in [5.41, 5.74) is 7.42. The van der Waals surface area contributed by atoms with Crippen molar-refractivity contribution in [3.63, 3.8) is 0 Å². The largest absolute Gasteiger partial charge is 0.454 e. The summed E-state index contributed by atoms with van der Waals surface area (Å²) in [6.45, 7) is 1.96. The predicted molar refractivity (Wildman–Crippen MR) is 79.0 cm³/mol. The normalized spacial score (nSPS) is 13.2. The zero-order chi connectivity index (χ0) is 15.0. The first kappa shape index (κ1) is 13.6. The Labute approximate surface area is 122 Å². The molecule has 7 heteroatoms. The summed E-state index contributed by atoms with van der Waals surface area (Å²) in [7, 11) is -3.70. The van der Waals surface area contributed by atoms with Crippen molar-refractivity contribution in [2.45, 2.75) is 11.8 Å². The number of hydrogen-bond acceptors (Lipinski definition) is 5. The molecule has 0 saturated carbocycles. The molecule has 0 spiro atoms. The Morgan fingerprint density at radius 2 is 1.86 bits per heavy atom. The second-order valence-corrected chi connectivity index (χ2v) is 6.37. The molecule has 0 saturated heterocycles. The second kappa shape index (κ2) is 4.85. The Bertz CT molecular complexity index is 803. The molecule has 0 unspecified atom stereocenters. The van der Waals surface area contributed by atoms with Crippen molar-refractivity contribution in [1.29, 1.82) is 0 Å². The molecule has 1 aliphatic heterocycles. The van der Waals surface area contributed by atoms with E-state index in [1.54, 1.807) is 24.3 Å². The zero-order valence-electron chi connectivity index (χ0n) is 11.3. The summed E-state index contributed by atoms with van der Waals surface area (Å²) < 4.78 is 37.5. The number of sulfonamides is 1. The van der Waals surface area contributed by atoms with Crippen LogP contribution in [0.3, 0.4) is 0 Å². The van der Waals surface area contributed by atoms with Crippen LogP contribution < -0.4 is 19.9 Å². The van der Waals surface area contributed by atoms with E-state index in [1.165, 1.54) is 12.1 Å². The fraction of sp³-hybridized carbons (Fsp3) is 0.143. The van der Waals surface area contributed by atoms with E-state index in [0.29, 0.717) is 22.9 Å². The molecule has 3 rings (SSSR count). The molecule has 0 amide bonds. The maximum Gasteiger partial charge on any atom is 0.261 e. The lowest BCUT2D eigenvalue weighted by Gasteiger charge is -2.10. The monoisotopic (exact) mass is 306 g/mol. The first-order chi connectivity index (χ1) is 9.95. The first-order valence-electron chi connectivity index (χ1n) is 6.24. The Kier molecular flexibility index (Phi) is 3.13. The van der Waals surface area contributed by atoms with E-state index in [9.17, 15) is 8.42 Å². The minimum atomic E-state index is -3.70. The van der Waals surface area contributed by atoms with E-state index in [0.717, 1.165) is 5.56 Å². The fourth-order valence-corrected chi connectivity index (χ4v) is 3.04. The van der Waals surface area contributed by atoms with E-state index in [2.05, 4.69) is 4.72 Å². The van der Waals surface area contributed by atoms with Crippen LogP contribution in [0.15, 0.2) is 41.3 Å². The van der Waals surface area contributed by atoms with Crippen LogP contribution in [0.25, 0.3) is 0 Å². The van der Waals surface area contributed by atoms with Gasteiger partial charge in [-0.25, -0.2) is 8.42 Å². The molecule has 0 aliphatic carbocycles. The van der Waals surface area contributed by atoms with Crippen LogP contribution in [-0.4, -0.2) is 15.2 Å². The summed E-state index contributed by atoms with van der Waals surface area (Å²) in [4.78, 5) is 0.114. The molecule has 21 heavy (non-hydrogen) atoms. The highest BCUT2D eigenvalue weighted by Gasteiger charge is 2.18. The van der Waals surface area contributed by atoms with Gasteiger partial charge in [0.25, 0.3) is 10.0 Å². The highest BCUT2D eigenvalue weighted by atomic mass is 32.2. The van der Waals surface area contributed by atoms with Crippen LogP contribution in [0.1, 0.15) is 5.56 Å². The lowest BCUT2D eigenvalue weighted by molar-refractivity contribution is 0.174. The summed E-state index contributed by atoms with van der Waals surface area (Å²) in [6.07, 6.45) is 0. The van der Waals surface area contributed by atoms with Gasteiger partial charge < -0.3 is 15.2 Å². The van der Waals surface area contributed by atoms with Crippen LogP contribution in [0.5, 0.6) is 11.5 Å². The van der Waals surface area contributed by atoms with Gasteiger partial charge in [0.15, 0.2) is 11.5 Å². The van der Waals surface area contributed by atoms with Crippen molar-refractivity contribution in [2.24, 2.45) is 0 Å². The third-order valence-corrected chi connectivity index (χ3v) is 4.56. The second-order valence-electron chi connectivity index (χ2n) is 4.69. The number of rotatable bonds is 3.